The van der Waals surface area contributed by atoms with Crippen molar-refractivity contribution in [3.05, 3.63) is 36.5 Å². The molecule has 0 spiro atoms. The summed E-state index contributed by atoms with van der Waals surface area (Å²) in [4.78, 5) is 16.0. The molecule has 0 atom stereocenters. The maximum Gasteiger partial charge on any atom is 0.193 e. The molecule has 152 valence electrons. The van der Waals surface area contributed by atoms with Crippen LogP contribution in [0, 0.1) is 0 Å². The molecule has 0 aliphatic carbocycles. The lowest BCUT2D eigenvalue weighted by atomic mass is 10.2. The van der Waals surface area contributed by atoms with Crippen LogP contribution in [-0.2, 0) is 6.54 Å². The molecule has 1 fully saturated rings. The van der Waals surface area contributed by atoms with E-state index < -0.39 is 0 Å². The lowest BCUT2D eigenvalue weighted by Crippen LogP contribution is -2.46. The van der Waals surface area contributed by atoms with Gasteiger partial charge < -0.3 is 20.0 Å². The molecule has 0 amide bonds. The maximum atomic E-state index is 4.58. The largest absolute Gasteiger partial charge is 0.354 e. The fraction of sp³-hybridized carbons (Fsp3) is 0.600. The number of nitrogens with one attached hydrogen (secondary N) is 1. The Morgan fingerprint density at radius 2 is 2.11 bits per heavy atom. The molecule has 7 heteroatoms. The van der Waals surface area contributed by atoms with Crippen LogP contribution in [0.15, 0.2) is 36.0 Å². The van der Waals surface area contributed by atoms with E-state index >= 15 is 0 Å². The van der Waals surface area contributed by atoms with Gasteiger partial charge in [0.05, 0.1) is 0 Å². The van der Waals surface area contributed by atoms with Crippen molar-refractivity contribution in [2.75, 3.05) is 58.3 Å². The average molecular weight is 486 g/mol. The standard InChI is InChI=1S/C20H34N6.HI/c1-5-7-8-11-24(4)20(21-3)23-17-18-9-10-22-19(16-18)26-14-12-25(6-2)13-15-26;/h5,9-10,16H,1,6-8,11-15,17H2,2-4H3,(H,21,23);1H. The summed E-state index contributed by atoms with van der Waals surface area (Å²) in [5, 5.41) is 3.45. The van der Waals surface area contributed by atoms with Crippen LogP contribution in [0.25, 0.3) is 0 Å². The lowest BCUT2D eigenvalue weighted by molar-refractivity contribution is 0.270. The van der Waals surface area contributed by atoms with E-state index in [4.69, 9.17) is 0 Å². The van der Waals surface area contributed by atoms with E-state index in [2.05, 4.69) is 62.7 Å². The van der Waals surface area contributed by atoms with Gasteiger partial charge in [0.2, 0.25) is 0 Å². The smallest absolute Gasteiger partial charge is 0.193 e. The molecule has 2 rings (SSSR count). The van der Waals surface area contributed by atoms with Crippen LogP contribution in [0.3, 0.4) is 0 Å². The number of nitrogens with zero attached hydrogens (tertiary/aromatic N) is 5. The summed E-state index contributed by atoms with van der Waals surface area (Å²) in [6.45, 7) is 13.2. The third-order valence-electron chi connectivity index (χ3n) is 4.88. The molecule has 1 aromatic rings. The number of unbranched alkanes of at least 4 members (excludes halogenated alkanes) is 1. The van der Waals surface area contributed by atoms with Gasteiger partial charge in [-0.15, -0.1) is 30.6 Å². The number of hydrogen-bond acceptors (Lipinski definition) is 4. The van der Waals surface area contributed by atoms with Crippen molar-refractivity contribution in [1.82, 2.24) is 20.1 Å². The Morgan fingerprint density at radius 1 is 1.37 bits per heavy atom. The maximum absolute atomic E-state index is 4.58. The Hall–Kier alpha value is -1.35. The van der Waals surface area contributed by atoms with Gasteiger partial charge in [0.25, 0.3) is 0 Å². The Kier molecular flexibility index (Phi) is 11.3. The summed E-state index contributed by atoms with van der Waals surface area (Å²) >= 11 is 0. The lowest BCUT2D eigenvalue weighted by Gasteiger charge is -2.34. The van der Waals surface area contributed by atoms with Gasteiger partial charge >= 0.3 is 0 Å². The number of anilines is 1. The summed E-state index contributed by atoms with van der Waals surface area (Å²) < 4.78 is 0. The van der Waals surface area contributed by atoms with Crippen LogP contribution in [0.2, 0.25) is 0 Å². The summed E-state index contributed by atoms with van der Waals surface area (Å²) in [5.74, 6) is 2.00. The fourth-order valence-electron chi connectivity index (χ4n) is 3.18. The van der Waals surface area contributed by atoms with Crippen molar-refractivity contribution in [3.63, 3.8) is 0 Å². The fourth-order valence-corrected chi connectivity index (χ4v) is 3.18. The molecule has 0 aromatic carbocycles. The topological polar surface area (TPSA) is 47.0 Å². The second kappa shape index (κ2) is 12.9. The Labute approximate surface area is 181 Å². The third-order valence-corrected chi connectivity index (χ3v) is 4.88. The number of aromatic nitrogens is 1. The molecular formula is C20H35IN6. The highest BCUT2D eigenvalue weighted by Crippen LogP contribution is 2.15. The van der Waals surface area contributed by atoms with Crippen LogP contribution in [-0.4, -0.2) is 74.1 Å². The zero-order valence-corrected chi connectivity index (χ0v) is 19.4. The van der Waals surface area contributed by atoms with Gasteiger partial charge in [-0.25, -0.2) is 4.98 Å². The molecule has 0 saturated carbocycles. The van der Waals surface area contributed by atoms with Crippen LogP contribution in [0.4, 0.5) is 5.82 Å². The Morgan fingerprint density at radius 3 is 2.74 bits per heavy atom. The second-order valence-corrected chi connectivity index (χ2v) is 6.70. The summed E-state index contributed by atoms with van der Waals surface area (Å²) in [6.07, 6.45) is 5.99. The van der Waals surface area contributed by atoms with E-state index in [0.717, 1.165) is 70.4 Å². The number of rotatable bonds is 8. The minimum atomic E-state index is 0. The van der Waals surface area contributed by atoms with E-state index in [1.54, 1.807) is 0 Å². The summed E-state index contributed by atoms with van der Waals surface area (Å²) in [7, 11) is 3.90. The van der Waals surface area contributed by atoms with Crippen molar-refractivity contribution in [2.24, 2.45) is 4.99 Å². The number of hydrogen-bond donors (Lipinski definition) is 1. The number of allylic oxidation sites excluding steroid dienone is 1. The van der Waals surface area contributed by atoms with Crippen molar-refractivity contribution >= 4 is 35.8 Å². The first-order chi connectivity index (χ1) is 12.7. The number of guanidine groups is 1. The van der Waals surface area contributed by atoms with E-state index in [9.17, 15) is 0 Å². The molecular weight excluding hydrogens is 451 g/mol. The second-order valence-electron chi connectivity index (χ2n) is 6.70. The normalized spacial score (nSPS) is 15.2. The predicted octanol–water partition coefficient (Wildman–Crippen LogP) is 2.81. The van der Waals surface area contributed by atoms with Crippen LogP contribution < -0.4 is 10.2 Å². The number of halogens is 1. The highest BCUT2D eigenvalue weighted by atomic mass is 127. The first-order valence-corrected chi connectivity index (χ1v) is 9.62. The Bertz CT molecular complexity index is 584. The van der Waals surface area contributed by atoms with Crippen LogP contribution in [0.5, 0.6) is 0 Å². The predicted molar refractivity (Wildman–Crippen MR) is 126 cm³/mol. The minimum absolute atomic E-state index is 0. The van der Waals surface area contributed by atoms with E-state index in [-0.39, 0.29) is 24.0 Å². The zero-order valence-electron chi connectivity index (χ0n) is 17.0. The highest BCUT2D eigenvalue weighted by Gasteiger charge is 2.17. The van der Waals surface area contributed by atoms with Crippen molar-refractivity contribution in [1.29, 1.82) is 0 Å². The molecule has 0 unspecified atom stereocenters. The molecule has 1 aromatic heterocycles. The number of likely N-dealkylation sites (N-methyl/N-ethyl adjacent to an activating group) is 1. The quantitative estimate of drug-likeness (QED) is 0.201. The average Bonchev–Trinajstić information content (AvgIpc) is 2.69. The van der Waals surface area contributed by atoms with Gasteiger partial charge in [0, 0.05) is 59.6 Å². The monoisotopic (exact) mass is 486 g/mol. The van der Waals surface area contributed by atoms with Gasteiger partial charge in [0.1, 0.15) is 5.82 Å². The Balaban J connectivity index is 0.00000364. The summed E-state index contributed by atoms with van der Waals surface area (Å²) in [6, 6.07) is 4.27. The van der Waals surface area contributed by atoms with Crippen LogP contribution in [0.1, 0.15) is 25.3 Å². The van der Waals surface area contributed by atoms with E-state index in [0.29, 0.717) is 0 Å². The molecule has 1 saturated heterocycles. The van der Waals surface area contributed by atoms with Crippen LogP contribution >= 0.6 is 24.0 Å². The third kappa shape index (κ3) is 7.65. The zero-order chi connectivity index (χ0) is 18.8. The number of pyridine rings is 1. The molecule has 6 nitrogen and oxygen atoms in total. The molecule has 27 heavy (non-hydrogen) atoms. The summed E-state index contributed by atoms with van der Waals surface area (Å²) in [5.41, 5.74) is 1.23. The van der Waals surface area contributed by atoms with Gasteiger partial charge in [-0.2, -0.15) is 0 Å². The van der Waals surface area contributed by atoms with E-state index in [1.165, 1.54) is 5.56 Å². The highest BCUT2D eigenvalue weighted by molar-refractivity contribution is 14.0. The van der Waals surface area contributed by atoms with Crippen molar-refractivity contribution in [2.45, 2.75) is 26.3 Å². The van der Waals surface area contributed by atoms with Crippen molar-refractivity contribution in [3.8, 4) is 0 Å². The van der Waals surface area contributed by atoms with Gasteiger partial charge in [-0.1, -0.05) is 13.0 Å². The number of piperazine rings is 1. The molecule has 0 bridgehead atoms. The van der Waals surface area contributed by atoms with E-state index in [1.807, 2.05) is 19.3 Å². The molecule has 2 heterocycles. The van der Waals surface area contributed by atoms with Gasteiger partial charge in [0.15, 0.2) is 5.96 Å². The first kappa shape index (κ1) is 23.7. The SMILES string of the molecule is C=CCCCN(C)C(=NC)NCc1ccnc(N2CCN(CC)CC2)c1.I. The minimum Gasteiger partial charge on any atom is -0.354 e. The van der Waals surface area contributed by atoms with Crippen molar-refractivity contribution < 1.29 is 0 Å². The molecule has 1 aliphatic heterocycles. The molecule has 1 aliphatic rings. The van der Waals surface area contributed by atoms with Gasteiger partial charge in [-0.3, -0.25) is 4.99 Å². The molecule has 1 N–H and O–H groups in total. The first-order valence-electron chi connectivity index (χ1n) is 9.62. The molecule has 0 radical (unpaired) electrons. The number of aliphatic imine (C=N–C) groups is 1. The van der Waals surface area contributed by atoms with Gasteiger partial charge in [-0.05, 0) is 37.1 Å².